The van der Waals surface area contributed by atoms with Gasteiger partial charge in [-0.05, 0) is 32.1 Å². The van der Waals surface area contributed by atoms with Gasteiger partial charge in [0.25, 0.3) is 10.0 Å². The summed E-state index contributed by atoms with van der Waals surface area (Å²) in [6.07, 6.45) is 6.32. The number of aryl methyl sites for hydroxylation is 1. The summed E-state index contributed by atoms with van der Waals surface area (Å²) in [5.41, 5.74) is -0.894. The molecule has 3 rings (SSSR count). The van der Waals surface area contributed by atoms with E-state index in [1.807, 2.05) is 0 Å². The summed E-state index contributed by atoms with van der Waals surface area (Å²) in [6, 6.07) is 0.205. The predicted octanol–water partition coefficient (Wildman–Crippen LogP) is -0.0737. The summed E-state index contributed by atoms with van der Waals surface area (Å²) in [5.74, 6) is -0.00458. The van der Waals surface area contributed by atoms with Crippen molar-refractivity contribution in [3.05, 3.63) is 12.5 Å². The Morgan fingerprint density at radius 2 is 2.00 bits per heavy atom. The quantitative estimate of drug-likeness (QED) is 0.700. The lowest BCUT2D eigenvalue weighted by Gasteiger charge is -2.38. The summed E-state index contributed by atoms with van der Waals surface area (Å²) in [5, 5.41) is 14.1. The average Bonchev–Trinajstić information content (AvgIpc) is 2.96. The van der Waals surface area contributed by atoms with E-state index in [2.05, 4.69) is 15.2 Å². The number of β-amino-alcohol motifs (C(OH)–C–C–N with tert-alkyl or cyclic N) is 1. The van der Waals surface area contributed by atoms with Crippen molar-refractivity contribution >= 4 is 15.9 Å². The fraction of sp³-hybridized carbons (Fsp3) is 0.778. The number of hydrogen-bond donors (Lipinski definition) is 2. The van der Waals surface area contributed by atoms with Gasteiger partial charge in [0.15, 0.2) is 5.03 Å². The Morgan fingerprint density at radius 1 is 1.29 bits per heavy atom. The van der Waals surface area contributed by atoms with Gasteiger partial charge in [-0.25, -0.2) is 13.4 Å². The highest BCUT2D eigenvalue weighted by Gasteiger charge is 2.37. The van der Waals surface area contributed by atoms with Gasteiger partial charge in [-0.3, -0.25) is 4.79 Å². The zero-order valence-electron chi connectivity index (χ0n) is 16.7. The molecule has 1 amide bonds. The molecule has 158 valence electrons. The molecule has 0 saturated carbocycles. The molecule has 9 nitrogen and oxygen atoms in total. The fourth-order valence-corrected chi connectivity index (χ4v) is 5.59. The van der Waals surface area contributed by atoms with Gasteiger partial charge in [0.2, 0.25) is 5.91 Å². The second-order valence-electron chi connectivity index (χ2n) is 8.11. The number of likely N-dealkylation sites (tertiary alicyclic amines) is 1. The first kappa shape index (κ1) is 21.2. The van der Waals surface area contributed by atoms with Crippen LogP contribution < -0.4 is 5.32 Å². The zero-order chi connectivity index (χ0) is 20.4. The van der Waals surface area contributed by atoms with Crippen molar-refractivity contribution in [2.45, 2.75) is 55.7 Å². The predicted molar refractivity (Wildman–Crippen MR) is 104 cm³/mol. The van der Waals surface area contributed by atoms with Gasteiger partial charge in [0, 0.05) is 58.9 Å². The van der Waals surface area contributed by atoms with E-state index in [9.17, 15) is 18.3 Å². The number of sulfonamides is 1. The molecule has 2 saturated heterocycles. The molecule has 2 aliphatic heterocycles. The Hall–Kier alpha value is -1.49. The molecule has 2 fully saturated rings. The van der Waals surface area contributed by atoms with E-state index in [1.165, 1.54) is 23.8 Å². The highest BCUT2D eigenvalue weighted by molar-refractivity contribution is 7.89. The average molecular weight is 414 g/mol. The lowest BCUT2D eigenvalue weighted by atomic mass is 9.93. The highest BCUT2D eigenvalue weighted by Crippen LogP contribution is 2.27. The Bertz CT molecular complexity index is 788. The largest absolute Gasteiger partial charge is 0.389 e. The maximum absolute atomic E-state index is 12.8. The molecule has 0 unspecified atom stereocenters. The molecule has 2 aliphatic rings. The van der Waals surface area contributed by atoms with Crippen molar-refractivity contribution in [1.82, 2.24) is 24.1 Å². The number of nitrogens with one attached hydrogen (secondary N) is 1. The molecule has 0 radical (unpaired) electrons. The number of aliphatic hydroxyl groups is 1. The Morgan fingerprint density at radius 3 is 2.61 bits per heavy atom. The zero-order valence-corrected chi connectivity index (χ0v) is 17.5. The lowest BCUT2D eigenvalue weighted by molar-refractivity contribution is -0.120. The molecule has 0 aliphatic carbocycles. The van der Waals surface area contributed by atoms with Crippen LogP contribution in [0, 0.1) is 0 Å². The summed E-state index contributed by atoms with van der Waals surface area (Å²) in [4.78, 5) is 17.4. The maximum Gasteiger partial charge on any atom is 0.262 e. The van der Waals surface area contributed by atoms with Crippen LogP contribution in [0.15, 0.2) is 17.6 Å². The first-order valence-electron chi connectivity index (χ1n) is 9.88. The summed E-state index contributed by atoms with van der Waals surface area (Å²) in [6.45, 7) is 4.40. The number of nitrogens with zero attached hydrogens (tertiary/aromatic N) is 4. The van der Waals surface area contributed by atoms with Crippen molar-refractivity contribution in [1.29, 1.82) is 0 Å². The van der Waals surface area contributed by atoms with Crippen LogP contribution in [0.25, 0.3) is 0 Å². The first-order valence-corrected chi connectivity index (χ1v) is 11.3. The number of imidazole rings is 1. The monoisotopic (exact) mass is 413 g/mol. The van der Waals surface area contributed by atoms with Crippen LogP contribution in [-0.2, 0) is 21.9 Å². The molecule has 1 aromatic rings. The van der Waals surface area contributed by atoms with Crippen molar-refractivity contribution in [3.63, 3.8) is 0 Å². The SMILES string of the molecule is CC(=O)NC1CCN(C[C@]2(O)CCCN(S(=O)(=O)c3cn(C)cn3)CC2)CC1. The van der Waals surface area contributed by atoms with Crippen LogP contribution in [0.2, 0.25) is 0 Å². The van der Waals surface area contributed by atoms with Gasteiger partial charge < -0.3 is 19.9 Å². The number of piperidine rings is 1. The maximum atomic E-state index is 12.8. The van der Waals surface area contributed by atoms with Crippen molar-refractivity contribution in [3.8, 4) is 0 Å². The number of hydrogen-bond acceptors (Lipinski definition) is 6. The Kier molecular flexibility index (Phi) is 6.43. The smallest absolute Gasteiger partial charge is 0.262 e. The first-order chi connectivity index (χ1) is 13.2. The number of aromatic nitrogens is 2. The topological polar surface area (TPSA) is 108 Å². The van der Waals surface area contributed by atoms with Gasteiger partial charge >= 0.3 is 0 Å². The van der Waals surface area contributed by atoms with Crippen molar-refractivity contribution in [2.24, 2.45) is 7.05 Å². The minimum absolute atomic E-state index is 0.00458. The van der Waals surface area contributed by atoms with Crippen molar-refractivity contribution < 1.29 is 18.3 Å². The van der Waals surface area contributed by atoms with Gasteiger partial charge in [-0.15, -0.1) is 0 Å². The highest BCUT2D eigenvalue weighted by atomic mass is 32.2. The van der Waals surface area contributed by atoms with E-state index < -0.39 is 15.6 Å². The number of carbonyl (C=O) groups excluding carboxylic acids is 1. The molecule has 0 aromatic carbocycles. The molecule has 0 spiro atoms. The number of amides is 1. The molecular weight excluding hydrogens is 382 g/mol. The minimum atomic E-state index is -3.63. The van der Waals surface area contributed by atoms with E-state index >= 15 is 0 Å². The lowest BCUT2D eigenvalue weighted by Crippen LogP contribution is -2.50. The molecule has 28 heavy (non-hydrogen) atoms. The second-order valence-corrected chi connectivity index (χ2v) is 10.00. The third-order valence-electron chi connectivity index (χ3n) is 5.67. The number of rotatable bonds is 5. The molecule has 3 heterocycles. The van der Waals surface area contributed by atoms with Crippen LogP contribution in [0.3, 0.4) is 0 Å². The third-order valence-corrected chi connectivity index (χ3v) is 7.46. The summed E-state index contributed by atoms with van der Waals surface area (Å²) in [7, 11) is -1.89. The molecule has 1 atom stereocenters. The van der Waals surface area contributed by atoms with E-state index in [4.69, 9.17) is 0 Å². The van der Waals surface area contributed by atoms with Crippen LogP contribution >= 0.6 is 0 Å². The van der Waals surface area contributed by atoms with E-state index in [1.54, 1.807) is 11.6 Å². The molecule has 0 bridgehead atoms. The van der Waals surface area contributed by atoms with Gasteiger partial charge in [-0.1, -0.05) is 0 Å². The van der Waals surface area contributed by atoms with Crippen LogP contribution in [0.1, 0.15) is 39.0 Å². The Balaban J connectivity index is 1.56. The molecule has 10 heteroatoms. The fourth-order valence-electron chi connectivity index (χ4n) is 4.15. The normalized spacial score (nSPS) is 26.1. The van der Waals surface area contributed by atoms with Crippen LogP contribution in [-0.4, -0.2) is 82.6 Å². The number of carbonyl (C=O) groups is 1. The standard InChI is InChI=1S/C18H31N5O4S/c1-15(24)20-16-4-9-22(10-5-16)13-18(25)6-3-8-23(11-7-18)28(26,27)17-12-21(2)14-19-17/h12,14,16,25H,3-11,13H2,1-2H3,(H,20,24)/t18-/m0/s1. The van der Waals surface area contributed by atoms with E-state index in [-0.39, 0.29) is 23.5 Å². The third kappa shape index (κ3) is 5.11. The minimum Gasteiger partial charge on any atom is -0.389 e. The van der Waals surface area contributed by atoms with Crippen LogP contribution in [0.5, 0.6) is 0 Å². The molecular formula is C18H31N5O4S. The Labute approximate surface area is 166 Å². The summed E-state index contributed by atoms with van der Waals surface area (Å²) < 4.78 is 28.7. The second kappa shape index (κ2) is 8.48. The van der Waals surface area contributed by atoms with Gasteiger partial charge in [0.1, 0.15) is 0 Å². The van der Waals surface area contributed by atoms with Crippen LogP contribution in [0.4, 0.5) is 0 Å². The van der Waals surface area contributed by atoms with Crippen molar-refractivity contribution in [2.75, 3.05) is 32.7 Å². The summed E-state index contributed by atoms with van der Waals surface area (Å²) >= 11 is 0. The van der Waals surface area contributed by atoms with Gasteiger partial charge in [-0.2, -0.15) is 4.31 Å². The molecule has 2 N–H and O–H groups in total. The van der Waals surface area contributed by atoms with E-state index in [0.717, 1.165) is 25.9 Å². The van der Waals surface area contributed by atoms with E-state index in [0.29, 0.717) is 32.4 Å². The molecule has 1 aromatic heterocycles. The van der Waals surface area contributed by atoms with Gasteiger partial charge in [0.05, 0.1) is 11.9 Å².